The Hall–Kier alpha value is -2.00. The van der Waals surface area contributed by atoms with Gasteiger partial charge in [0.2, 0.25) is 0 Å². The first-order chi connectivity index (χ1) is 10.2. The first kappa shape index (κ1) is 14.0. The average molecular weight is 284 g/mol. The molecule has 2 aromatic carbocycles. The summed E-state index contributed by atoms with van der Waals surface area (Å²) in [5.74, 6) is 1.82. The summed E-state index contributed by atoms with van der Waals surface area (Å²) in [7, 11) is 0. The number of aliphatic hydroxyl groups excluding tert-OH is 1. The zero-order chi connectivity index (χ0) is 14.7. The lowest BCUT2D eigenvalue weighted by atomic mass is 10.1. The van der Waals surface area contributed by atoms with Crippen LogP contribution < -0.4 is 9.47 Å². The van der Waals surface area contributed by atoms with Crippen LogP contribution in [-0.2, 0) is 12.8 Å². The molecule has 0 fully saturated rings. The van der Waals surface area contributed by atoms with Gasteiger partial charge in [-0.2, -0.15) is 0 Å². The number of aliphatic hydroxyl groups is 1. The van der Waals surface area contributed by atoms with E-state index in [1.165, 1.54) is 11.1 Å². The highest BCUT2D eigenvalue weighted by Gasteiger charge is 2.23. The molecule has 1 N–H and O–H groups in total. The molecule has 3 rings (SSSR count). The molecular weight excluding hydrogens is 264 g/mol. The molecule has 3 heteroatoms. The molecule has 3 nitrogen and oxygen atoms in total. The van der Waals surface area contributed by atoms with E-state index in [9.17, 15) is 0 Å². The molecule has 0 amide bonds. The van der Waals surface area contributed by atoms with Crippen LogP contribution in [-0.4, -0.2) is 24.4 Å². The summed E-state index contributed by atoms with van der Waals surface area (Å²) >= 11 is 0. The van der Waals surface area contributed by atoms with Gasteiger partial charge in [0.1, 0.15) is 24.2 Å². The van der Waals surface area contributed by atoms with E-state index in [0.29, 0.717) is 13.0 Å². The van der Waals surface area contributed by atoms with E-state index in [-0.39, 0.29) is 12.7 Å². The van der Waals surface area contributed by atoms with Gasteiger partial charge in [-0.1, -0.05) is 29.8 Å². The van der Waals surface area contributed by atoms with Crippen molar-refractivity contribution in [3.05, 3.63) is 59.2 Å². The van der Waals surface area contributed by atoms with Crippen LogP contribution in [0.2, 0.25) is 0 Å². The van der Waals surface area contributed by atoms with Crippen molar-refractivity contribution < 1.29 is 14.6 Å². The molecule has 1 unspecified atom stereocenters. The Morgan fingerprint density at radius 3 is 2.76 bits per heavy atom. The maximum Gasteiger partial charge on any atom is 0.137 e. The zero-order valence-corrected chi connectivity index (χ0v) is 12.2. The van der Waals surface area contributed by atoms with Gasteiger partial charge in [0.25, 0.3) is 0 Å². The highest BCUT2D eigenvalue weighted by molar-refractivity contribution is 5.40. The molecule has 0 saturated heterocycles. The Morgan fingerprint density at radius 2 is 2.00 bits per heavy atom. The summed E-state index contributed by atoms with van der Waals surface area (Å²) in [5, 5.41) is 8.89. The molecule has 110 valence electrons. The standard InChI is InChI=1S/C18H20O3/c1-13-2-7-18-15(10-13)11-17(21-18)12-20-16-5-3-14(4-6-16)8-9-19/h2-7,10,17,19H,8-9,11-12H2,1H3. The summed E-state index contributed by atoms with van der Waals surface area (Å²) in [6, 6.07) is 14.1. The van der Waals surface area contributed by atoms with Crippen molar-refractivity contribution in [3.63, 3.8) is 0 Å². The van der Waals surface area contributed by atoms with Gasteiger partial charge in [-0.25, -0.2) is 0 Å². The number of ether oxygens (including phenoxy) is 2. The fourth-order valence-corrected chi connectivity index (χ4v) is 2.61. The number of hydrogen-bond donors (Lipinski definition) is 1. The minimum absolute atomic E-state index is 0.0823. The largest absolute Gasteiger partial charge is 0.490 e. The van der Waals surface area contributed by atoms with Crippen LogP contribution in [0, 0.1) is 6.92 Å². The Kier molecular flexibility index (Phi) is 4.11. The second-order valence-electron chi connectivity index (χ2n) is 5.48. The first-order valence-corrected chi connectivity index (χ1v) is 7.33. The van der Waals surface area contributed by atoms with Crippen molar-refractivity contribution >= 4 is 0 Å². The topological polar surface area (TPSA) is 38.7 Å². The SMILES string of the molecule is Cc1ccc2c(c1)CC(COc1ccc(CCO)cc1)O2. The van der Waals surface area contributed by atoms with Crippen molar-refractivity contribution in [2.75, 3.05) is 13.2 Å². The van der Waals surface area contributed by atoms with Gasteiger partial charge in [0.15, 0.2) is 0 Å². The number of aryl methyl sites for hydroxylation is 1. The molecule has 0 spiro atoms. The predicted molar refractivity (Wildman–Crippen MR) is 82.0 cm³/mol. The monoisotopic (exact) mass is 284 g/mol. The van der Waals surface area contributed by atoms with Crippen molar-refractivity contribution in [3.8, 4) is 11.5 Å². The van der Waals surface area contributed by atoms with Crippen LogP contribution >= 0.6 is 0 Å². The van der Waals surface area contributed by atoms with Crippen molar-refractivity contribution in [1.82, 2.24) is 0 Å². The molecule has 21 heavy (non-hydrogen) atoms. The van der Waals surface area contributed by atoms with E-state index < -0.39 is 0 Å². The minimum Gasteiger partial charge on any atom is -0.490 e. The van der Waals surface area contributed by atoms with E-state index in [2.05, 4.69) is 19.1 Å². The van der Waals surface area contributed by atoms with E-state index in [1.807, 2.05) is 30.3 Å². The van der Waals surface area contributed by atoms with Crippen LogP contribution in [0.5, 0.6) is 11.5 Å². The summed E-state index contributed by atoms with van der Waals surface area (Å²) < 4.78 is 11.7. The van der Waals surface area contributed by atoms with Crippen LogP contribution in [0.1, 0.15) is 16.7 Å². The number of fused-ring (bicyclic) bond motifs is 1. The molecule has 0 saturated carbocycles. The van der Waals surface area contributed by atoms with Crippen LogP contribution in [0.25, 0.3) is 0 Å². The molecule has 1 aliphatic heterocycles. The number of hydrogen-bond acceptors (Lipinski definition) is 3. The third-order valence-electron chi connectivity index (χ3n) is 3.72. The summed E-state index contributed by atoms with van der Waals surface area (Å²) in [6.07, 6.45) is 1.67. The molecule has 1 heterocycles. The van der Waals surface area contributed by atoms with E-state index in [1.54, 1.807) is 0 Å². The zero-order valence-electron chi connectivity index (χ0n) is 12.2. The van der Waals surface area contributed by atoms with Gasteiger partial charge < -0.3 is 14.6 Å². The van der Waals surface area contributed by atoms with Crippen molar-refractivity contribution in [2.24, 2.45) is 0 Å². The average Bonchev–Trinajstić information content (AvgIpc) is 2.89. The lowest BCUT2D eigenvalue weighted by molar-refractivity contribution is 0.148. The van der Waals surface area contributed by atoms with Crippen LogP contribution in [0.15, 0.2) is 42.5 Å². The predicted octanol–water partition coefficient (Wildman–Crippen LogP) is 2.91. The Balaban J connectivity index is 1.55. The van der Waals surface area contributed by atoms with Crippen molar-refractivity contribution in [1.29, 1.82) is 0 Å². The van der Waals surface area contributed by atoms with E-state index in [0.717, 1.165) is 23.5 Å². The van der Waals surface area contributed by atoms with Gasteiger partial charge in [-0.05, 0) is 42.7 Å². The fraction of sp³-hybridized carbons (Fsp3) is 0.333. The third-order valence-corrected chi connectivity index (χ3v) is 3.72. The smallest absolute Gasteiger partial charge is 0.137 e. The molecule has 1 atom stereocenters. The minimum atomic E-state index is 0.0823. The second-order valence-corrected chi connectivity index (χ2v) is 5.48. The highest BCUT2D eigenvalue weighted by Crippen LogP contribution is 2.29. The van der Waals surface area contributed by atoms with Crippen molar-refractivity contribution in [2.45, 2.75) is 25.9 Å². The normalized spacial score (nSPS) is 16.4. The van der Waals surface area contributed by atoms with E-state index >= 15 is 0 Å². The van der Waals surface area contributed by atoms with Gasteiger partial charge in [0.05, 0.1) is 0 Å². The van der Waals surface area contributed by atoms with Gasteiger partial charge in [-0.15, -0.1) is 0 Å². The van der Waals surface area contributed by atoms with Crippen LogP contribution in [0.3, 0.4) is 0 Å². The maximum atomic E-state index is 8.89. The number of rotatable bonds is 5. The molecular formula is C18H20O3. The lowest BCUT2D eigenvalue weighted by Crippen LogP contribution is -2.22. The molecule has 0 radical (unpaired) electrons. The van der Waals surface area contributed by atoms with Crippen LogP contribution in [0.4, 0.5) is 0 Å². The molecule has 1 aliphatic rings. The van der Waals surface area contributed by atoms with Gasteiger partial charge >= 0.3 is 0 Å². The highest BCUT2D eigenvalue weighted by atomic mass is 16.5. The fourth-order valence-electron chi connectivity index (χ4n) is 2.61. The molecule has 2 aromatic rings. The maximum absolute atomic E-state index is 8.89. The van der Waals surface area contributed by atoms with E-state index in [4.69, 9.17) is 14.6 Å². The Morgan fingerprint density at radius 1 is 1.19 bits per heavy atom. The Bertz CT molecular complexity index is 604. The summed E-state index contributed by atoms with van der Waals surface area (Å²) in [4.78, 5) is 0. The molecule has 0 aromatic heterocycles. The lowest BCUT2D eigenvalue weighted by Gasteiger charge is -2.12. The summed E-state index contributed by atoms with van der Waals surface area (Å²) in [5.41, 5.74) is 3.64. The van der Waals surface area contributed by atoms with Gasteiger partial charge in [0, 0.05) is 13.0 Å². The quantitative estimate of drug-likeness (QED) is 0.917. The first-order valence-electron chi connectivity index (χ1n) is 7.33. The second kappa shape index (κ2) is 6.19. The van der Waals surface area contributed by atoms with Gasteiger partial charge in [-0.3, -0.25) is 0 Å². The Labute approximate surface area is 125 Å². The molecule has 0 aliphatic carbocycles. The molecule has 0 bridgehead atoms. The summed E-state index contributed by atoms with van der Waals surface area (Å²) in [6.45, 7) is 2.82. The third kappa shape index (κ3) is 3.37. The number of benzene rings is 2.